The van der Waals surface area contributed by atoms with Crippen molar-refractivity contribution in [3.63, 3.8) is 0 Å². The van der Waals surface area contributed by atoms with Crippen LogP contribution in [0.15, 0.2) is 12.3 Å². The largest absolute Gasteiger partial charge is 0.516 e. The molecule has 1 saturated carbocycles. The van der Waals surface area contributed by atoms with Gasteiger partial charge in [0, 0.05) is 0 Å². The Morgan fingerprint density at radius 3 is 2.00 bits per heavy atom. The maximum Gasteiger partial charge on any atom is 0.0751 e. The highest BCUT2D eigenvalue weighted by atomic mass is 16.2. The van der Waals surface area contributed by atoms with Gasteiger partial charge in [-0.3, -0.25) is 0 Å². The fourth-order valence-corrected chi connectivity index (χ4v) is 3.98. The van der Waals surface area contributed by atoms with E-state index in [9.17, 15) is 0 Å². The Bertz CT molecular complexity index is 246. The standard InChI is InChI=1S/C20H38O/c1-2-3-4-5-7-10-14-19-16-13-17-20(19)15-11-8-6-9-12-18-21/h12,18-21H,2-11,13-17H2,1H3/t19-,20-/m0/s1. The smallest absolute Gasteiger partial charge is 0.0751 e. The molecule has 0 aromatic rings. The van der Waals surface area contributed by atoms with Gasteiger partial charge in [0.2, 0.25) is 0 Å². The van der Waals surface area contributed by atoms with Crippen LogP contribution < -0.4 is 0 Å². The molecule has 0 heterocycles. The van der Waals surface area contributed by atoms with E-state index in [0.717, 1.165) is 18.3 Å². The summed E-state index contributed by atoms with van der Waals surface area (Å²) < 4.78 is 0. The van der Waals surface area contributed by atoms with Crippen LogP contribution in [0.4, 0.5) is 0 Å². The van der Waals surface area contributed by atoms with Gasteiger partial charge in [-0.25, -0.2) is 0 Å². The average Bonchev–Trinajstić information content (AvgIpc) is 2.94. The molecular formula is C20H38O. The van der Waals surface area contributed by atoms with Gasteiger partial charge in [0.1, 0.15) is 0 Å². The Balaban J connectivity index is 2.00. The summed E-state index contributed by atoms with van der Waals surface area (Å²) in [7, 11) is 0. The van der Waals surface area contributed by atoms with Crippen molar-refractivity contribution in [3.8, 4) is 0 Å². The van der Waals surface area contributed by atoms with Gasteiger partial charge in [-0.2, -0.15) is 0 Å². The molecule has 0 bridgehead atoms. The third-order valence-corrected chi connectivity index (χ3v) is 5.30. The molecule has 0 amide bonds. The summed E-state index contributed by atoms with van der Waals surface area (Å²) in [5.41, 5.74) is 0. The van der Waals surface area contributed by atoms with Gasteiger partial charge in [0.05, 0.1) is 6.26 Å². The molecule has 1 fully saturated rings. The first-order valence-corrected chi connectivity index (χ1v) is 9.67. The van der Waals surface area contributed by atoms with Crippen LogP contribution in [-0.2, 0) is 0 Å². The van der Waals surface area contributed by atoms with Gasteiger partial charge in [0.15, 0.2) is 0 Å². The lowest BCUT2D eigenvalue weighted by atomic mass is 9.87. The molecule has 1 aliphatic carbocycles. The van der Waals surface area contributed by atoms with Crippen LogP contribution >= 0.6 is 0 Å². The van der Waals surface area contributed by atoms with Crippen LogP contribution in [0.5, 0.6) is 0 Å². The number of aliphatic hydroxyl groups excluding tert-OH is 1. The summed E-state index contributed by atoms with van der Waals surface area (Å²) in [5, 5.41) is 8.60. The number of rotatable bonds is 13. The molecule has 1 nitrogen and oxygen atoms in total. The molecule has 124 valence electrons. The number of unbranched alkanes of at least 4 members (excludes halogenated alkanes) is 8. The van der Waals surface area contributed by atoms with E-state index in [0.29, 0.717) is 0 Å². The lowest BCUT2D eigenvalue weighted by Crippen LogP contribution is -2.08. The minimum atomic E-state index is 1.04. The number of hydrogen-bond donors (Lipinski definition) is 1. The third-order valence-electron chi connectivity index (χ3n) is 5.30. The highest BCUT2D eigenvalue weighted by Gasteiger charge is 2.25. The number of hydrogen-bond acceptors (Lipinski definition) is 1. The summed E-state index contributed by atoms with van der Waals surface area (Å²) in [6.07, 6.45) is 24.2. The van der Waals surface area contributed by atoms with Gasteiger partial charge in [-0.1, -0.05) is 96.5 Å². The predicted octanol–water partition coefficient (Wildman–Crippen LogP) is 7.18. The van der Waals surface area contributed by atoms with Crippen LogP contribution in [0.3, 0.4) is 0 Å². The van der Waals surface area contributed by atoms with Crippen molar-refractivity contribution in [2.75, 3.05) is 0 Å². The Labute approximate surface area is 133 Å². The second-order valence-corrected chi connectivity index (χ2v) is 7.03. The van der Waals surface area contributed by atoms with E-state index in [1.54, 1.807) is 0 Å². The van der Waals surface area contributed by atoms with E-state index in [4.69, 9.17) is 5.11 Å². The van der Waals surface area contributed by atoms with Crippen molar-refractivity contribution >= 4 is 0 Å². The van der Waals surface area contributed by atoms with Gasteiger partial charge in [0.25, 0.3) is 0 Å². The Morgan fingerprint density at radius 2 is 1.38 bits per heavy atom. The van der Waals surface area contributed by atoms with Gasteiger partial charge in [-0.15, -0.1) is 0 Å². The van der Waals surface area contributed by atoms with Crippen molar-refractivity contribution in [1.29, 1.82) is 0 Å². The molecule has 1 rings (SSSR count). The van der Waals surface area contributed by atoms with Gasteiger partial charge < -0.3 is 5.11 Å². The summed E-state index contributed by atoms with van der Waals surface area (Å²) in [4.78, 5) is 0. The Kier molecular flexibility index (Phi) is 11.7. The molecule has 2 atom stereocenters. The Morgan fingerprint density at radius 1 is 0.810 bits per heavy atom. The Hall–Kier alpha value is -0.460. The third kappa shape index (κ3) is 9.22. The zero-order valence-corrected chi connectivity index (χ0v) is 14.4. The monoisotopic (exact) mass is 294 g/mol. The van der Waals surface area contributed by atoms with E-state index in [-0.39, 0.29) is 0 Å². The molecule has 0 unspecified atom stereocenters. The second-order valence-electron chi connectivity index (χ2n) is 7.03. The molecule has 0 saturated heterocycles. The van der Waals surface area contributed by atoms with E-state index in [1.807, 2.05) is 6.08 Å². The van der Waals surface area contributed by atoms with Crippen molar-refractivity contribution in [2.24, 2.45) is 11.8 Å². The highest BCUT2D eigenvalue weighted by molar-refractivity contribution is 4.78. The van der Waals surface area contributed by atoms with Crippen LogP contribution in [0.1, 0.15) is 103 Å². The minimum absolute atomic E-state index is 1.04. The lowest BCUT2D eigenvalue weighted by Gasteiger charge is -2.19. The molecule has 1 heteroatoms. The summed E-state index contributed by atoms with van der Waals surface area (Å²) in [5.74, 6) is 2.09. The van der Waals surface area contributed by atoms with Crippen LogP contribution in [0.2, 0.25) is 0 Å². The van der Waals surface area contributed by atoms with Gasteiger partial charge >= 0.3 is 0 Å². The number of allylic oxidation sites excluding steroid dienone is 1. The molecule has 0 aliphatic heterocycles. The topological polar surface area (TPSA) is 20.2 Å². The molecule has 1 aliphatic rings. The van der Waals surface area contributed by atoms with E-state index in [1.165, 1.54) is 96.2 Å². The predicted molar refractivity (Wildman–Crippen MR) is 93.7 cm³/mol. The summed E-state index contributed by atoms with van der Waals surface area (Å²) in [6.45, 7) is 2.29. The minimum Gasteiger partial charge on any atom is -0.516 e. The quantitative estimate of drug-likeness (QED) is 0.282. The SMILES string of the molecule is CCCCCCCC[C@H]1CCC[C@@H]1CCCCCC=CO. The highest BCUT2D eigenvalue weighted by Crippen LogP contribution is 2.38. The maximum atomic E-state index is 8.60. The zero-order valence-electron chi connectivity index (χ0n) is 14.4. The molecular weight excluding hydrogens is 256 g/mol. The van der Waals surface area contributed by atoms with Crippen molar-refractivity contribution < 1.29 is 5.11 Å². The summed E-state index contributed by atoms with van der Waals surface area (Å²) >= 11 is 0. The van der Waals surface area contributed by atoms with Crippen LogP contribution in [0, 0.1) is 11.8 Å². The van der Waals surface area contributed by atoms with Crippen molar-refractivity contribution in [2.45, 2.75) is 103 Å². The van der Waals surface area contributed by atoms with Crippen molar-refractivity contribution in [1.82, 2.24) is 0 Å². The van der Waals surface area contributed by atoms with Gasteiger partial charge in [-0.05, 0) is 24.7 Å². The molecule has 0 radical (unpaired) electrons. The first-order valence-electron chi connectivity index (χ1n) is 9.67. The molecule has 0 spiro atoms. The van der Waals surface area contributed by atoms with Crippen molar-refractivity contribution in [3.05, 3.63) is 12.3 Å². The normalized spacial score (nSPS) is 22.3. The molecule has 0 aromatic heterocycles. The first kappa shape index (κ1) is 18.6. The fraction of sp³-hybridized carbons (Fsp3) is 0.900. The zero-order chi connectivity index (χ0) is 15.2. The average molecular weight is 295 g/mol. The van der Waals surface area contributed by atoms with Crippen LogP contribution in [-0.4, -0.2) is 5.11 Å². The number of aliphatic hydroxyl groups is 1. The molecule has 1 N–H and O–H groups in total. The van der Waals surface area contributed by atoms with E-state index in [2.05, 4.69) is 6.92 Å². The molecule has 21 heavy (non-hydrogen) atoms. The fourth-order valence-electron chi connectivity index (χ4n) is 3.98. The summed E-state index contributed by atoms with van der Waals surface area (Å²) in [6, 6.07) is 0. The molecule has 0 aromatic carbocycles. The van der Waals surface area contributed by atoms with E-state index >= 15 is 0 Å². The maximum absolute atomic E-state index is 8.60. The first-order chi connectivity index (χ1) is 10.4. The van der Waals surface area contributed by atoms with Crippen LogP contribution in [0.25, 0.3) is 0 Å². The van der Waals surface area contributed by atoms with E-state index < -0.39 is 0 Å². The second kappa shape index (κ2) is 13.2. The lowest BCUT2D eigenvalue weighted by molar-refractivity contribution is 0.323.